The third-order valence-electron chi connectivity index (χ3n) is 3.62. The topological polar surface area (TPSA) is 106 Å². The second-order valence-electron chi connectivity index (χ2n) is 4.93. The number of nitrogens with one attached hydrogen (secondary N) is 2. The van der Waals surface area contributed by atoms with E-state index in [-0.39, 0.29) is 16.5 Å². The monoisotopic (exact) mass is 309 g/mol. The van der Waals surface area contributed by atoms with Crippen molar-refractivity contribution in [2.75, 3.05) is 6.54 Å². The second-order valence-corrected chi connectivity index (χ2v) is 6.82. The number of imidazole rings is 1. The fraction of sp³-hybridized carbons (Fsp3) is 0.308. The van der Waals surface area contributed by atoms with Crippen LogP contribution in [0.1, 0.15) is 24.6 Å². The molecule has 0 saturated carbocycles. The molecule has 0 aliphatic carbocycles. The molecule has 0 spiro atoms. The van der Waals surface area contributed by atoms with Crippen LogP contribution in [0.5, 0.6) is 5.88 Å². The fourth-order valence-corrected chi connectivity index (χ4v) is 4.36. The van der Waals surface area contributed by atoms with Gasteiger partial charge < -0.3 is 10.1 Å². The second kappa shape index (κ2) is 5.05. The zero-order valence-electron chi connectivity index (χ0n) is 11.1. The van der Waals surface area contributed by atoms with E-state index in [4.69, 9.17) is 0 Å². The third kappa shape index (κ3) is 2.36. The lowest BCUT2D eigenvalue weighted by Crippen LogP contribution is -2.31. The van der Waals surface area contributed by atoms with Gasteiger partial charge in [-0.25, -0.2) is 13.2 Å². The molecule has 1 aromatic carbocycles. The number of aromatic hydroxyl groups is 1. The lowest BCUT2D eigenvalue weighted by Gasteiger charge is -2.23. The Bertz CT molecular complexity index is 794. The molecule has 1 saturated heterocycles. The van der Waals surface area contributed by atoms with Gasteiger partial charge in [0.1, 0.15) is 0 Å². The first-order valence-electron chi connectivity index (χ1n) is 6.58. The Balaban J connectivity index is 2.02. The summed E-state index contributed by atoms with van der Waals surface area (Å²) < 4.78 is 26.7. The molecule has 2 aromatic rings. The van der Waals surface area contributed by atoms with E-state index < -0.39 is 21.8 Å². The van der Waals surface area contributed by atoms with Gasteiger partial charge in [-0.05, 0) is 25.0 Å². The fourth-order valence-electron chi connectivity index (χ4n) is 2.67. The molecule has 112 valence electrons. The number of H-pyrrole nitrogens is 2. The number of hydrogen-bond donors (Lipinski definition) is 3. The van der Waals surface area contributed by atoms with Gasteiger partial charge in [0, 0.05) is 6.54 Å². The smallest absolute Gasteiger partial charge is 0.326 e. The summed E-state index contributed by atoms with van der Waals surface area (Å²) >= 11 is 0. The summed E-state index contributed by atoms with van der Waals surface area (Å²) in [6.45, 7) is 0.356. The highest BCUT2D eigenvalue weighted by molar-refractivity contribution is 7.89. The standard InChI is InChI=1S/C13H15N3O4S/c17-12-11(14-13(18)15-12)10-7-4-8-16(10)21(19,20)9-5-2-1-3-6-9/h1-3,5-6,10,17H,4,7-8H2,(H2,14,15,18). The highest BCUT2D eigenvalue weighted by atomic mass is 32.2. The summed E-state index contributed by atoms with van der Waals surface area (Å²) in [7, 11) is -3.66. The lowest BCUT2D eigenvalue weighted by molar-refractivity contribution is 0.371. The summed E-state index contributed by atoms with van der Waals surface area (Å²) in [5.74, 6) is -0.305. The predicted molar refractivity (Wildman–Crippen MR) is 75.4 cm³/mol. The molecule has 1 aromatic heterocycles. The number of rotatable bonds is 3. The first-order chi connectivity index (χ1) is 10.00. The van der Waals surface area contributed by atoms with Gasteiger partial charge in [-0.3, -0.25) is 4.98 Å². The molecule has 21 heavy (non-hydrogen) atoms. The van der Waals surface area contributed by atoms with Crippen molar-refractivity contribution in [1.82, 2.24) is 14.3 Å². The van der Waals surface area contributed by atoms with Crippen molar-refractivity contribution < 1.29 is 13.5 Å². The molecule has 1 aliphatic heterocycles. The maximum atomic E-state index is 12.7. The Kier molecular flexibility index (Phi) is 3.34. The van der Waals surface area contributed by atoms with Gasteiger partial charge >= 0.3 is 5.69 Å². The molecule has 7 nitrogen and oxygen atoms in total. The number of aromatic amines is 2. The van der Waals surface area contributed by atoms with Crippen molar-refractivity contribution in [3.05, 3.63) is 46.5 Å². The van der Waals surface area contributed by atoms with E-state index in [0.29, 0.717) is 19.4 Å². The van der Waals surface area contributed by atoms with E-state index in [1.54, 1.807) is 18.2 Å². The van der Waals surface area contributed by atoms with Gasteiger partial charge in [-0.15, -0.1) is 0 Å². The van der Waals surface area contributed by atoms with Crippen LogP contribution in [0.15, 0.2) is 40.0 Å². The number of nitrogens with zero attached hydrogens (tertiary/aromatic N) is 1. The molecule has 1 aliphatic rings. The van der Waals surface area contributed by atoms with Gasteiger partial charge in [0.05, 0.1) is 16.6 Å². The normalized spacial score (nSPS) is 19.9. The van der Waals surface area contributed by atoms with Crippen molar-refractivity contribution in [1.29, 1.82) is 0 Å². The van der Waals surface area contributed by atoms with Crippen molar-refractivity contribution in [3.8, 4) is 5.88 Å². The van der Waals surface area contributed by atoms with E-state index in [9.17, 15) is 18.3 Å². The summed E-state index contributed by atoms with van der Waals surface area (Å²) in [4.78, 5) is 16.1. The number of sulfonamides is 1. The first kappa shape index (κ1) is 13.9. The summed E-state index contributed by atoms with van der Waals surface area (Å²) in [6.07, 6.45) is 1.22. The average Bonchev–Trinajstić information content (AvgIpc) is 3.06. The Morgan fingerprint density at radius 3 is 2.52 bits per heavy atom. The van der Waals surface area contributed by atoms with Crippen LogP contribution in [-0.4, -0.2) is 34.3 Å². The van der Waals surface area contributed by atoms with E-state index in [1.807, 2.05) is 0 Å². The van der Waals surface area contributed by atoms with Crippen LogP contribution in [-0.2, 0) is 10.0 Å². The average molecular weight is 309 g/mol. The Hall–Kier alpha value is -2.06. The van der Waals surface area contributed by atoms with E-state index >= 15 is 0 Å². The van der Waals surface area contributed by atoms with Gasteiger partial charge in [0.15, 0.2) is 0 Å². The maximum absolute atomic E-state index is 12.7. The van der Waals surface area contributed by atoms with E-state index in [0.717, 1.165) is 0 Å². The van der Waals surface area contributed by atoms with Crippen LogP contribution in [0.25, 0.3) is 0 Å². The molecule has 8 heteroatoms. The first-order valence-corrected chi connectivity index (χ1v) is 8.02. The summed E-state index contributed by atoms with van der Waals surface area (Å²) in [5.41, 5.74) is -0.330. The maximum Gasteiger partial charge on any atom is 0.326 e. The van der Waals surface area contributed by atoms with Crippen LogP contribution in [0.4, 0.5) is 0 Å². The Morgan fingerprint density at radius 1 is 1.19 bits per heavy atom. The number of hydrogen-bond acceptors (Lipinski definition) is 4. The minimum atomic E-state index is -3.66. The Morgan fingerprint density at radius 2 is 1.90 bits per heavy atom. The summed E-state index contributed by atoms with van der Waals surface area (Å²) in [6, 6.07) is 7.57. The van der Waals surface area contributed by atoms with Crippen LogP contribution < -0.4 is 5.69 Å². The highest BCUT2D eigenvalue weighted by Gasteiger charge is 2.38. The van der Waals surface area contributed by atoms with Crippen molar-refractivity contribution in [3.63, 3.8) is 0 Å². The molecular weight excluding hydrogens is 294 g/mol. The molecule has 0 radical (unpaired) electrons. The number of aromatic nitrogens is 2. The van der Waals surface area contributed by atoms with Gasteiger partial charge in [-0.1, -0.05) is 18.2 Å². The molecule has 0 bridgehead atoms. The van der Waals surface area contributed by atoms with Crippen molar-refractivity contribution >= 4 is 10.0 Å². The summed E-state index contributed by atoms with van der Waals surface area (Å²) in [5, 5.41) is 9.74. The van der Waals surface area contributed by atoms with Gasteiger partial charge in [-0.2, -0.15) is 4.31 Å². The molecule has 1 atom stereocenters. The zero-order chi connectivity index (χ0) is 15.0. The van der Waals surface area contributed by atoms with Crippen molar-refractivity contribution in [2.45, 2.75) is 23.8 Å². The van der Waals surface area contributed by atoms with Crippen LogP contribution >= 0.6 is 0 Å². The van der Waals surface area contributed by atoms with E-state index in [1.165, 1.54) is 16.4 Å². The molecule has 2 heterocycles. The van der Waals surface area contributed by atoms with Gasteiger partial charge in [0.25, 0.3) is 0 Å². The molecule has 0 amide bonds. The quantitative estimate of drug-likeness (QED) is 0.784. The molecule has 3 N–H and O–H groups in total. The molecular formula is C13H15N3O4S. The zero-order valence-corrected chi connectivity index (χ0v) is 11.9. The molecule has 1 fully saturated rings. The minimum absolute atomic E-state index is 0.203. The Labute approximate surface area is 121 Å². The van der Waals surface area contributed by atoms with Crippen LogP contribution in [0.3, 0.4) is 0 Å². The predicted octanol–water partition coefficient (Wildman–Crippen LogP) is 0.934. The van der Waals surface area contributed by atoms with Crippen molar-refractivity contribution in [2.24, 2.45) is 0 Å². The molecule has 1 unspecified atom stereocenters. The van der Waals surface area contributed by atoms with Gasteiger partial charge in [0.2, 0.25) is 15.9 Å². The molecule has 3 rings (SSSR count). The third-order valence-corrected chi connectivity index (χ3v) is 5.54. The minimum Gasteiger partial charge on any atom is -0.493 e. The van der Waals surface area contributed by atoms with E-state index in [2.05, 4.69) is 9.97 Å². The van der Waals surface area contributed by atoms with Crippen LogP contribution in [0, 0.1) is 0 Å². The largest absolute Gasteiger partial charge is 0.493 e. The lowest BCUT2D eigenvalue weighted by atomic mass is 10.2. The highest BCUT2D eigenvalue weighted by Crippen LogP contribution is 2.37. The van der Waals surface area contributed by atoms with Crippen LogP contribution in [0.2, 0.25) is 0 Å². The number of benzene rings is 1. The SMILES string of the molecule is O=c1[nH]c(O)c(C2CCCN2S(=O)(=O)c2ccccc2)[nH]1.